The van der Waals surface area contributed by atoms with Crippen LogP contribution in [0.25, 0.3) is 42.4 Å². The Labute approximate surface area is 200 Å². The quantitative estimate of drug-likeness (QED) is 0.263. The van der Waals surface area contributed by atoms with Crippen LogP contribution in [0.1, 0.15) is 70.3 Å². The Morgan fingerprint density at radius 3 is 2.45 bits per heavy atom. The largest absolute Gasteiger partial charge is 0.459 e. The summed E-state index contributed by atoms with van der Waals surface area (Å²) in [5.74, 6) is 1.67. The number of thiophene rings is 1. The highest BCUT2D eigenvalue weighted by Crippen LogP contribution is 2.44. The van der Waals surface area contributed by atoms with E-state index in [0.717, 1.165) is 36.3 Å². The highest BCUT2D eigenvalue weighted by molar-refractivity contribution is 7.26. The molecule has 0 spiro atoms. The fourth-order valence-corrected chi connectivity index (χ4v) is 6.33. The van der Waals surface area contributed by atoms with Crippen LogP contribution < -0.4 is 0 Å². The van der Waals surface area contributed by atoms with Crippen LogP contribution in [0, 0.1) is 12.3 Å². The number of hydrogen-bond acceptors (Lipinski definition) is 3. The van der Waals surface area contributed by atoms with E-state index >= 15 is 0 Å². The highest BCUT2D eigenvalue weighted by Gasteiger charge is 2.23. The molecule has 33 heavy (non-hydrogen) atoms. The van der Waals surface area contributed by atoms with Crippen LogP contribution in [-0.4, -0.2) is 4.98 Å². The van der Waals surface area contributed by atoms with E-state index in [1.165, 1.54) is 42.2 Å². The smallest absolute Gasteiger partial charge is 0.153 e. The zero-order valence-electron chi connectivity index (χ0n) is 20.6. The lowest BCUT2D eigenvalue weighted by Gasteiger charge is -2.18. The standard InChI is InChI=1S/C30H33NOS/c1-7-19(8-2)24-16-21(15-20-11-9-10-12-22(20)24)26-29-23(13-14-31-26)27-28(33-29)18(3)25(32-27)17-30(4,5)6/h9-16,19H,7-8,17H2,1-6H3. The molecule has 0 radical (unpaired) electrons. The second kappa shape index (κ2) is 8.29. The Morgan fingerprint density at radius 1 is 0.970 bits per heavy atom. The second-order valence-corrected chi connectivity index (χ2v) is 11.5. The second-order valence-electron chi connectivity index (χ2n) is 10.5. The number of fused-ring (bicyclic) bond motifs is 4. The third-order valence-electron chi connectivity index (χ3n) is 6.83. The number of furan rings is 1. The van der Waals surface area contributed by atoms with Crippen molar-refractivity contribution in [3.8, 4) is 11.3 Å². The molecule has 0 unspecified atom stereocenters. The molecule has 0 amide bonds. The van der Waals surface area contributed by atoms with Gasteiger partial charge in [-0.3, -0.25) is 4.98 Å². The van der Waals surface area contributed by atoms with Gasteiger partial charge in [-0.15, -0.1) is 11.3 Å². The fourth-order valence-electron chi connectivity index (χ4n) is 5.07. The van der Waals surface area contributed by atoms with Gasteiger partial charge in [0.25, 0.3) is 0 Å². The van der Waals surface area contributed by atoms with Crippen molar-refractivity contribution in [3.05, 3.63) is 65.5 Å². The zero-order chi connectivity index (χ0) is 23.3. The van der Waals surface area contributed by atoms with E-state index in [9.17, 15) is 0 Å². The molecule has 0 saturated carbocycles. The molecule has 3 aromatic heterocycles. The number of pyridine rings is 1. The van der Waals surface area contributed by atoms with E-state index < -0.39 is 0 Å². The van der Waals surface area contributed by atoms with Crippen LogP contribution in [0.2, 0.25) is 0 Å². The minimum absolute atomic E-state index is 0.198. The van der Waals surface area contributed by atoms with Crippen LogP contribution in [0.3, 0.4) is 0 Å². The number of aromatic nitrogens is 1. The summed E-state index contributed by atoms with van der Waals surface area (Å²) in [7, 11) is 0. The molecule has 0 atom stereocenters. The van der Waals surface area contributed by atoms with Gasteiger partial charge >= 0.3 is 0 Å². The van der Waals surface area contributed by atoms with Gasteiger partial charge in [-0.05, 0) is 65.6 Å². The Bertz CT molecular complexity index is 1460. The van der Waals surface area contributed by atoms with Gasteiger partial charge in [0, 0.05) is 29.1 Å². The molecule has 2 aromatic carbocycles. The van der Waals surface area contributed by atoms with Gasteiger partial charge in [0.1, 0.15) is 5.76 Å². The molecular formula is C30H33NOS. The van der Waals surface area contributed by atoms with E-state index in [4.69, 9.17) is 9.40 Å². The van der Waals surface area contributed by atoms with Crippen molar-refractivity contribution in [2.45, 2.75) is 66.7 Å². The van der Waals surface area contributed by atoms with Crippen molar-refractivity contribution in [1.82, 2.24) is 4.98 Å². The van der Waals surface area contributed by atoms with Crippen molar-refractivity contribution < 1.29 is 4.42 Å². The summed E-state index contributed by atoms with van der Waals surface area (Å²) in [6.07, 6.45) is 5.17. The topological polar surface area (TPSA) is 26.0 Å². The third kappa shape index (κ3) is 3.87. The normalized spacial score (nSPS) is 12.6. The number of hydrogen-bond donors (Lipinski definition) is 0. The summed E-state index contributed by atoms with van der Waals surface area (Å²) in [5.41, 5.74) is 6.22. The molecule has 0 fully saturated rings. The average Bonchev–Trinajstić information content (AvgIpc) is 3.29. The van der Waals surface area contributed by atoms with E-state index in [1.54, 1.807) is 0 Å². The number of nitrogens with zero attached hydrogens (tertiary/aromatic N) is 1. The molecule has 170 valence electrons. The van der Waals surface area contributed by atoms with Gasteiger partial charge < -0.3 is 4.42 Å². The minimum Gasteiger partial charge on any atom is -0.459 e. The molecule has 0 bridgehead atoms. The molecule has 0 aliphatic heterocycles. The van der Waals surface area contributed by atoms with Crippen LogP contribution in [0.5, 0.6) is 0 Å². The van der Waals surface area contributed by atoms with Gasteiger partial charge in [0.05, 0.1) is 15.1 Å². The molecule has 0 aliphatic carbocycles. The lowest BCUT2D eigenvalue weighted by Crippen LogP contribution is -2.09. The van der Waals surface area contributed by atoms with Crippen molar-refractivity contribution >= 4 is 42.5 Å². The van der Waals surface area contributed by atoms with E-state index in [-0.39, 0.29) is 5.41 Å². The van der Waals surface area contributed by atoms with E-state index in [2.05, 4.69) is 84.0 Å². The van der Waals surface area contributed by atoms with Crippen molar-refractivity contribution in [1.29, 1.82) is 0 Å². The molecule has 0 saturated heterocycles. The first-order valence-corrected chi connectivity index (χ1v) is 12.9. The minimum atomic E-state index is 0.198. The van der Waals surface area contributed by atoms with E-state index in [1.807, 2.05) is 17.5 Å². The number of aryl methyl sites for hydroxylation is 1. The summed E-state index contributed by atoms with van der Waals surface area (Å²) >= 11 is 1.83. The van der Waals surface area contributed by atoms with Gasteiger partial charge in [0.2, 0.25) is 0 Å². The summed E-state index contributed by atoms with van der Waals surface area (Å²) < 4.78 is 8.96. The first-order chi connectivity index (χ1) is 15.8. The lowest BCUT2D eigenvalue weighted by atomic mass is 9.87. The molecule has 0 aliphatic rings. The van der Waals surface area contributed by atoms with Crippen molar-refractivity contribution in [2.24, 2.45) is 5.41 Å². The average molecular weight is 456 g/mol. The molecule has 5 aromatic rings. The Hall–Kier alpha value is -2.65. The first-order valence-electron chi connectivity index (χ1n) is 12.1. The lowest BCUT2D eigenvalue weighted by molar-refractivity contribution is 0.369. The van der Waals surface area contributed by atoms with Gasteiger partial charge in [0.15, 0.2) is 5.58 Å². The maximum Gasteiger partial charge on any atom is 0.153 e. The zero-order valence-corrected chi connectivity index (χ0v) is 21.4. The van der Waals surface area contributed by atoms with Gasteiger partial charge in [-0.25, -0.2) is 0 Å². The Kier molecular flexibility index (Phi) is 5.56. The van der Waals surface area contributed by atoms with Crippen molar-refractivity contribution in [2.75, 3.05) is 0 Å². The Morgan fingerprint density at radius 2 is 1.73 bits per heavy atom. The van der Waals surface area contributed by atoms with Gasteiger partial charge in [-0.2, -0.15) is 0 Å². The molecular weight excluding hydrogens is 422 g/mol. The molecule has 0 N–H and O–H groups in total. The summed E-state index contributed by atoms with van der Waals surface area (Å²) in [5, 5.41) is 3.84. The van der Waals surface area contributed by atoms with Crippen molar-refractivity contribution in [3.63, 3.8) is 0 Å². The summed E-state index contributed by atoms with van der Waals surface area (Å²) in [6.45, 7) is 13.6. The molecule has 3 heteroatoms. The maximum atomic E-state index is 6.47. The maximum absolute atomic E-state index is 6.47. The van der Waals surface area contributed by atoms with Crippen LogP contribution >= 0.6 is 11.3 Å². The fraction of sp³-hybridized carbons (Fsp3) is 0.367. The first kappa shape index (κ1) is 22.2. The monoisotopic (exact) mass is 455 g/mol. The molecule has 5 rings (SSSR count). The summed E-state index contributed by atoms with van der Waals surface area (Å²) in [4.78, 5) is 4.89. The predicted molar refractivity (Wildman–Crippen MR) is 144 cm³/mol. The van der Waals surface area contributed by atoms with E-state index in [0.29, 0.717) is 5.92 Å². The predicted octanol–water partition coefficient (Wildman–Crippen LogP) is 9.66. The summed E-state index contributed by atoms with van der Waals surface area (Å²) in [6, 6.07) is 15.6. The molecule has 2 nitrogen and oxygen atoms in total. The number of rotatable bonds is 5. The van der Waals surface area contributed by atoms with Crippen LogP contribution in [-0.2, 0) is 6.42 Å². The highest BCUT2D eigenvalue weighted by atomic mass is 32.1. The third-order valence-corrected chi connectivity index (χ3v) is 8.14. The van der Waals surface area contributed by atoms with Gasteiger partial charge in [-0.1, -0.05) is 58.9 Å². The Balaban J connectivity index is 1.73. The SMILES string of the molecule is CCC(CC)c1cc(-c2nccc3c2sc2c(C)c(CC(C)(C)C)oc23)cc2ccccc12. The molecule has 3 heterocycles. The van der Waals surface area contributed by atoms with Crippen LogP contribution in [0.4, 0.5) is 0 Å². The number of benzene rings is 2. The van der Waals surface area contributed by atoms with Crippen LogP contribution in [0.15, 0.2) is 53.1 Å².